The van der Waals surface area contributed by atoms with Crippen molar-refractivity contribution in [3.8, 4) is 0 Å². The highest BCUT2D eigenvalue weighted by Crippen LogP contribution is 2.26. The van der Waals surface area contributed by atoms with Gasteiger partial charge in [-0.2, -0.15) is 0 Å². The molecule has 1 amide bonds. The topological polar surface area (TPSA) is 41.1 Å². The van der Waals surface area contributed by atoms with Crippen LogP contribution >= 0.6 is 27.3 Å². The minimum atomic E-state index is 0.0714. The van der Waals surface area contributed by atoms with Crippen molar-refractivity contribution in [2.75, 3.05) is 13.6 Å². The molecule has 5 heteroatoms. The van der Waals surface area contributed by atoms with Crippen LogP contribution in [-0.4, -0.2) is 19.5 Å². The van der Waals surface area contributed by atoms with Gasteiger partial charge in [0.25, 0.3) is 0 Å². The molecule has 0 saturated heterocycles. The zero-order valence-electron chi connectivity index (χ0n) is 8.84. The molecule has 0 aliphatic rings. The summed E-state index contributed by atoms with van der Waals surface area (Å²) in [5.41, 5.74) is 0. The van der Waals surface area contributed by atoms with Gasteiger partial charge in [0.2, 0.25) is 5.91 Å². The van der Waals surface area contributed by atoms with Crippen LogP contribution in [0.15, 0.2) is 15.9 Å². The Hall–Kier alpha value is -0.390. The third-order valence-corrected chi connectivity index (χ3v) is 3.91. The minimum Gasteiger partial charge on any atom is -0.359 e. The summed E-state index contributed by atoms with van der Waals surface area (Å²) in [7, 11) is 1.65. The Morgan fingerprint density at radius 1 is 1.60 bits per heavy atom. The number of hydrogen-bond acceptors (Lipinski definition) is 3. The lowest BCUT2D eigenvalue weighted by atomic mass is 10.2. The zero-order valence-corrected chi connectivity index (χ0v) is 11.2. The van der Waals surface area contributed by atoms with Crippen LogP contribution in [0.4, 0.5) is 0 Å². The molecule has 84 valence electrons. The summed E-state index contributed by atoms with van der Waals surface area (Å²) in [6.45, 7) is 2.80. The van der Waals surface area contributed by atoms with Crippen LogP contribution in [0, 0.1) is 0 Å². The van der Waals surface area contributed by atoms with Crippen LogP contribution in [0.25, 0.3) is 0 Å². The van der Waals surface area contributed by atoms with E-state index in [0.717, 1.165) is 3.79 Å². The standard InChI is InChI=1S/C10H15BrN2OS/c1-7(8-3-4-9(11)15-8)13-6-5-10(14)12-2/h3-4,7,13H,5-6H2,1-2H3,(H,12,14). The predicted molar refractivity (Wildman–Crippen MR) is 67.1 cm³/mol. The molecular weight excluding hydrogens is 276 g/mol. The average molecular weight is 291 g/mol. The summed E-state index contributed by atoms with van der Waals surface area (Å²) in [5, 5.41) is 5.90. The van der Waals surface area contributed by atoms with Gasteiger partial charge in [0.1, 0.15) is 0 Å². The van der Waals surface area contributed by atoms with E-state index in [4.69, 9.17) is 0 Å². The highest BCUT2D eigenvalue weighted by Gasteiger charge is 2.07. The first kappa shape index (κ1) is 12.7. The molecule has 1 rings (SSSR count). The molecule has 0 aromatic carbocycles. The van der Waals surface area contributed by atoms with Crippen molar-refractivity contribution < 1.29 is 4.79 Å². The molecule has 0 bridgehead atoms. The van der Waals surface area contributed by atoms with Crippen molar-refractivity contribution >= 4 is 33.2 Å². The van der Waals surface area contributed by atoms with Gasteiger partial charge < -0.3 is 10.6 Å². The maximum absolute atomic E-state index is 11.0. The van der Waals surface area contributed by atoms with Crippen LogP contribution in [0.1, 0.15) is 24.3 Å². The first-order valence-corrected chi connectivity index (χ1v) is 6.43. The number of hydrogen-bond donors (Lipinski definition) is 2. The fraction of sp³-hybridized carbons (Fsp3) is 0.500. The Balaban J connectivity index is 2.30. The molecular formula is C10H15BrN2OS. The lowest BCUT2D eigenvalue weighted by Crippen LogP contribution is -2.26. The summed E-state index contributed by atoms with van der Waals surface area (Å²) < 4.78 is 1.14. The van der Waals surface area contributed by atoms with Crippen LogP contribution in [0.2, 0.25) is 0 Å². The Morgan fingerprint density at radius 3 is 2.87 bits per heavy atom. The molecule has 0 fully saturated rings. The van der Waals surface area contributed by atoms with E-state index in [-0.39, 0.29) is 5.91 Å². The number of halogens is 1. The van der Waals surface area contributed by atoms with Gasteiger partial charge in [-0.05, 0) is 35.0 Å². The van der Waals surface area contributed by atoms with Gasteiger partial charge in [-0.15, -0.1) is 11.3 Å². The Labute approximate surface area is 102 Å². The van der Waals surface area contributed by atoms with Crippen LogP contribution < -0.4 is 10.6 Å². The highest BCUT2D eigenvalue weighted by molar-refractivity contribution is 9.11. The lowest BCUT2D eigenvalue weighted by Gasteiger charge is -2.11. The van der Waals surface area contributed by atoms with Crippen molar-refractivity contribution in [2.24, 2.45) is 0 Å². The zero-order chi connectivity index (χ0) is 11.3. The number of carbonyl (C=O) groups is 1. The maximum Gasteiger partial charge on any atom is 0.221 e. The normalized spacial score (nSPS) is 12.5. The average Bonchev–Trinajstić information content (AvgIpc) is 2.64. The van der Waals surface area contributed by atoms with Crippen LogP contribution in [0.5, 0.6) is 0 Å². The molecule has 0 aliphatic carbocycles. The number of thiophene rings is 1. The van der Waals surface area contributed by atoms with E-state index < -0.39 is 0 Å². The first-order chi connectivity index (χ1) is 7.13. The molecule has 0 spiro atoms. The van der Waals surface area contributed by atoms with E-state index in [2.05, 4.69) is 39.6 Å². The summed E-state index contributed by atoms with van der Waals surface area (Å²) in [6, 6.07) is 4.43. The fourth-order valence-corrected chi connectivity index (χ4v) is 2.64. The van der Waals surface area contributed by atoms with Gasteiger partial charge in [-0.25, -0.2) is 0 Å². The molecule has 0 aliphatic heterocycles. The number of rotatable bonds is 5. The second-order valence-corrected chi connectivity index (χ2v) is 5.74. The molecule has 0 radical (unpaired) electrons. The molecule has 1 heterocycles. The maximum atomic E-state index is 11.0. The van der Waals surface area contributed by atoms with E-state index in [0.29, 0.717) is 19.0 Å². The predicted octanol–water partition coefficient (Wildman–Crippen LogP) is 2.30. The smallest absolute Gasteiger partial charge is 0.221 e. The monoisotopic (exact) mass is 290 g/mol. The quantitative estimate of drug-likeness (QED) is 0.874. The van der Waals surface area contributed by atoms with Crippen LogP contribution in [0.3, 0.4) is 0 Å². The molecule has 3 nitrogen and oxygen atoms in total. The largest absolute Gasteiger partial charge is 0.359 e. The van der Waals surface area contributed by atoms with Crippen molar-refractivity contribution in [3.05, 3.63) is 20.8 Å². The highest BCUT2D eigenvalue weighted by atomic mass is 79.9. The van der Waals surface area contributed by atoms with E-state index in [1.165, 1.54) is 4.88 Å². The Bertz CT molecular complexity index is 327. The third-order valence-electron chi connectivity index (χ3n) is 2.10. The Morgan fingerprint density at radius 2 is 2.33 bits per heavy atom. The lowest BCUT2D eigenvalue weighted by molar-refractivity contribution is -0.120. The van der Waals surface area contributed by atoms with Gasteiger partial charge in [0, 0.05) is 30.9 Å². The Kier molecular flexibility index (Phi) is 5.28. The minimum absolute atomic E-state index is 0.0714. The van der Waals surface area contributed by atoms with Gasteiger partial charge in [0.15, 0.2) is 0 Å². The molecule has 1 aromatic rings. The molecule has 1 atom stereocenters. The fourth-order valence-electron chi connectivity index (χ4n) is 1.19. The number of nitrogens with one attached hydrogen (secondary N) is 2. The van der Waals surface area contributed by atoms with Gasteiger partial charge >= 0.3 is 0 Å². The number of amides is 1. The van der Waals surface area contributed by atoms with Gasteiger partial charge in [-0.1, -0.05) is 0 Å². The van der Waals surface area contributed by atoms with Crippen molar-refractivity contribution in [1.29, 1.82) is 0 Å². The van der Waals surface area contributed by atoms with Crippen molar-refractivity contribution in [1.82, 2.24) is 10.6 Å². The molecule has 0 saturated carbocycles. The van der Waals surface area contributed by atoms with E-state index in [1.54, 1.807) is 18.4 Å². The van der Waals surface area contributed by atoms with Crippen LogP contribution in [-0.2, 0) is 4.79 Å². The van der Waals surface area contributed by atoms with Gasteiger partial charge in [-0.3, -0.25) is 4.79 Å². The van der Waals surface area contributed by atoms with E-state index in [1.807, 2.05) is 6.07 Å². The summed E-state index contributed by atoms with van der Waals surface area (Å²) in [6.07, 6.45) is 0.521. The van der Waals surface area contributed by atoms with Crippen molar-refractivity contribution in [3.63, 3.8) is 0 Å². The summed E-state index contributed by atoms with van der Waals surface area (Å²) in [4.78, 5) is 12.3. The SMILES string of the molecule is CNC(=O)CCNC(C)c1ccc(Br)s1. The third kappa shape index (κ3) is 4.32. The van der Waals surface area contributed by atoms with Crippen molar-refractivity contribution in [2.45, 2.75) is 19.4 Å². The molecule has 1 unspecified atom stereocenters. The van der Waals surface area contributed by atoms with E-state index in [9.17, 15) is 4.79 Å². The summed E-state index contributed by atoms with van der Waals surface area (Å²) >= 11 is 5.14. The summed E-state index contributed by atoms with van der Waals surface area (Å²) in [5.74, 6) is 0.0714. The van der Waals surface area contributed by atoms with E-state index >= 15 is 0 Å². The number of carbonyl (C=O) groups excluding carboxylic acids is 1. The second kappa shape index (κ2) is 6.25. The molecule has 15 heavy (non-hydrogen) atoms. The second-order valence-electron chi connectivity index (χ2n) is 3.24. The van der Waals surface area contributed by atoms with Gasteiger partial charge in [0.05, 0.1) is 3.79 Å². The molecule has 1 aromatic heterocycles. The molecule has 2 N–H and O–H groups in total. The first-order valence-electron chi connectivity index (χ1n) is 4.82.